The summed E-state index contributed by atoms with van der Waals surface area (Å²) >= 11 is 3.35. The van der Waals surface area contributed by atoms with Crippen molar-refractivity contribution in [3.8, 4) is 21.6 Å². The standard InChI is InChI=1S/C45H62N2O10S2/c1-8-36-45(7,55)42(52)29(5)47(24-26(2)23-44(6,54)41(51)27(3)39(50)28(4)43(53)57-36)21-13-20-46-37(48)18-19-38(49)56-25-30-22-33-31-14-9-11-16-34(31)59-35-17-12-10-15-32(35)40(33)58-30/h9-12,14-17,22,26-29,36,39,41-42,50-52,54-55H,8,13,18-21,23-25H2,1-7H3,(H,46,48)/t26-,27+,28-,29-,36-,39+,41-,42-,44-,45-/m1/s1. The lowest BCUT2D eigenvalue weighted by atomic mass is 9.78. The highest BCUT2D eigenvalue weighted by atomic mass is 32.2. The van der Waals surface area contributed by atoms with E-state index in [9.17, 15) is 39.9 Å². The van der Waals surface area contributed by atoms with E-state index in [1.807, 2.05) is 36.1 Å². The van der Waals surface area contributed by atoms with Gasteiger partial charge in [0.05, 0.1) is 30.1 Å². The fourth-order valence-corrected chi connectivity index (χ4v) is 10.7. The maximum atomic E-state index is 13.2. The first-order valence-electron chi connectivity index (χ1n) is 20.7. The topological polar surface area (TPSA) is 186 Å². The number of ether oxygens (including phenoxy) is 2. The highest BCUT2D eigenvalue weighted by Crippen LogP contribution is 2.51. The molecule has 0 saturated carbocycles. The zero-order valence-corrected chi connectivity index (χ0v) is 36.9. The van der Waals surface area contributed by atoms with E-state index < -0.39 is 65.4 Å². The van der Waals surface area contributed by atoms with Crippen LogP contribution in [0.15, 0.2) is 64.4 Å². The van der Waals surface area contributed by atoms with Crippen LogP contribution in [0.5, 0.6) is 0 Å². The molecule has 12 nitrogen and oxygen atoms in total. The molecule has 5 rings (SSSR count). The second-order valence-electron chi connectivity index (χ2n) is 16.9. The van der Waals surface area contributed by atoms with Crippen LogP contribution in [0.3, 0.4) is 0 Å². The van der Waals surface area contributed by atoms with Crippen LogP contribution in [-0.4, -0.2) is 110 Å². The lowest BCUT2D eigenvalue weighted by molar-refractivity contribution is -0.193. The van der Waals surface area contributed by atoms with Gasteiger partial charge in [0, 0.05) is 68.7 Å². The Balaban J connectivity index is 1.16. The Bertz CT molecular complexity index is 1850. The third kappa shape index (κ3) is 11.1. The Morgan fingerprint density at radius 2 is 1.58 bits per heavy atom. The quantitative estimate of drug-likeness (QED) is 0.0836. The van der Waals surface area contributed by atoms with Crippen molar-refractivity contribution >= 4 is 40.9 Å². The molecule has 2 aliphatic heterocycles. The minimum absolute atomic E-state index is 0.0449. The molecule has 2 aromatic carbocycles. The number of aliphatic hydroxyl groups excluding tert-OH is 3. The van der Waals surface area contributed by atoms with Crippen LogP contribution in [0.2, 0.25) is 0 Å². The average Bonchev–Trinajstić information content (AvgIpc) is 3.58. The van der Waals surface area contributed by atoms with Gasteiger partial charge in [-0.3, -0.25) is 19.3 Å². The lowest BCUT2D eigenvalue weighted by Crippen LogP contribution is -2.59. The van der Waals surface area contributed by atoms with Gasteiger partial charge in [-0.1, -0.05) is 68.9 Å². The van der Waals surface area contributed by atoms with Gasteiger partial charge < -0.3 is 40.3 Å². The summed E-state index contributed by atoms with van der Waals surface area (Å²) in [6.45, 7) is 12.5. The summed E-state index contributed by atoms with van der Waals surface area (Å²) in [6.07, 6.45) is -4.52. The summed E-state index contributed by atoms with van der Waals surface area (Å²) in [5.74, 6) is -3.75. The number of thiophene rings is 1. The number of hydrogen-bond acceptors (Lipinski definition) is 13. The minimum Gasteiger partial charge on any atom is -0.460 e. The summed E-state index contributed by atoms with van der Waals surface area (Å²) in [7, 11) is 0. The highest BCUT2D eigenvalue weighted by Gasteiger charge is 2.47. The van der Waals surface area contributed by atoms with Gasteiger partial charge in [0.2, 0.25) is 5.91 Å². The fourth-order valence-electron chi connectivity index (χ4n) is 8.43. The SMILES string of the molecule is CC[C@H]1OC(=O)[C@H](C)[C@@H](O)[C@H](C)[C@@H](O)[C@](C)(O)C[C@@H](C)CN(CCCNC(=O)CCC(=O)OCc2cc3c(s2)-c2ccccc2Sc2ccccc2-3)[C@H](C)[C@@H](O)[C@]1(C)O. The van der Waals surface area contributed by atoms with E-state index in [0.29, 0.717) is 19.5 Å². The van der Waals surface area contributed by atoms with Crippen molar-refractivity contribution in [1.29, 1.82) is 0 Å². The predicted molar refractivity (Wildman–Crippen MR) is 229 cm³/mol. The van der Waals surface area contributed by atoms with Crippen molar-refractivity contribution < 1.29 is 49.4 Å². The first kappa shape index (κ1) is 46.7. The number of aliphatic hydroxyl groups is 5. The summed E-state index contributed by atoms with van der Waals surface area (Å²) in [5, 5.41) is 59.7. The minimum atomic E-state index is -1.87. The number of carbonyl (C=O) groups excluding carboxylic acids is 3. The molecule has 0 spiro atoms. The van der Waals surface area contributed by atoms with E-state index in [4.69, 9.17) is 9.47 Å². The smallest absolute Gasteiger partial charge is 0.311 e. The zero-order chi connectivity index (χ0) is 43.2. The number of carbonyl (C=O) groups is 3. The molecule has 3 heterocycles. The van der Waals surface area contributed by atoms with Crippen molar-refractivity contribution in [2.45, 2.75) is 139 Å². The molecule has 1 fully saturated rings. The summed E-state index contributed by atoms with van der Waals surface area (Å²) in [4.78, 5) is 45.1. The third-order valence-corrected chi connectivity index (χ3v) is 14.3. The summed E-state index contributed by atoms with van der Waals surface area (Å²) in [5.41, 5.74) is -0.0901. The molecule has 0 unspecified atom stereocenters. The van der Waals surface area contributed by atoms with Crippen molar-refractivity contribution in [3.63, 3.8) is 0 Å². The molecule has 1 aromatic heterocycles. The van der Waals surface area contributed by atoms with Crippen LogP contribution in [0.25, 0.3) is 21.6 Å². The molecule has 0 aliphatic carbocycles. The van der Waals surface area contributed by atoms with Crippen LogP contribution < -0.4 is 5.32 Å². The Labute approximate surface area is 356 Å². The Morgan fingerprint density at radius 3 is 2.25 bits per heavy atom. The highest BCUT2D eigenvalue weighted by molar-refractivity contribution is 7.99. The van der Waals surface area contributed by atoms with E-state index in [1.54, 1.807) is 43.9 Å². The van der Waals surface area contributed by atoms with Crippen molar-refractivity contribution in [2.24, 2.45) is 17.8 Å². The molecule has 324 valence electrons. The number of nitrogens with zero attached hydrogens (tertiary/aromatic N) is 1. The maximum absolute atomic E-state index is 13.2. The van der Waals surface area contributed by atoms with Gasteiger partial charge in [-0.2, -0.15) is 0 Å². The first-order valence-corrected chi connectivity index (χ1v) is 22.3. The Morgan fingerprint density at radius 1 is 0.932 bits per heavy atom. The van der Waals surface area contributed by atoms with E-state index in [1.165, 1.54) is 30.6 Å². The van der Waals surface area contributed by atoms with Gasteiger partial charge in [0.25, 0.3) is 0 Å². The summed E-state index contributed by atoms with van der Waals surface area (Å²) in [6, 6.07) is 18.0. The predicted octanol–water partition coefficient (Wildman–Crippen LogP) is 5.79. The van der Waals surface area contributed by atoms with E-state index in [0.717, 1.165) is 26.4 Å². The normalized spacial score (nSPS) is 30.7. The monoisotopic (exact) mass is 854 g/mol. The number of rotatable bonds is 10. The lowest BCUT2D eigenvalue weighted by Gasteiger charge is -2.43. The van der Waals surface area contributed by atoms with E-state index in [-0.39, 0.29) is 50.7 Å². The van der Waals surface area contributed by atoms with Crippen LogP contribution >= 0.6 is 23.1 Å². The maximum Gasteiger partial charge on any atom is 0.311 e. The molecule has 0 radical (unpaired) electrons. The molecule has 59 heavy (non-hydrogen) atoms. The van der Waals surface area contributed by atoms with Gasteiger partial charge >= 0.3 is 11.9 Å². The number of amides is 1. The van der Waals surface area contributed by atoms with Gasteiger partial charge in [-0.25, -0.2) is 0 Å². The van der Waals surface area contributed by atoms with E-state index in [2.05, 4.69) is 35.6 Å². The van der Waals surface area contributed by atoms with Crippen LogP contribution in [-0.2, 0) is 30.5 Å². The van der Waals surface area contributed by atoms with Gasteiger partial charge in [0.1, 0.15) is 24.4 Å². The van der Waals surface area contributed by atoms with Gasteiger partial charge in [-0.15, -0.1) is 11.3 Å². The number of cyclic esters (lactones) is 1. The molecule has 6 N–H and O–H groups in total. The zero-order valence-electron chi connectivity index (χ0n) is 35.2. The Hall–Kier alpha value is -3.34. The Kier molecular flexibility index (Phi) is 15.9. The molecule has 14 heteroatoms. The average molecular weight is 855 g/mol. The number of esters is 2. The van der Waals surface area contributed by atoms with Gasteiger partial charge in [0.15, 0.2) is 0 Å². The molecule has 2 aliphatic rings. The van der Waals surface area contributed by atoms with Crippen LogP contribution in [0.1, 0.15) is 85.4 Å². The van der Waals surface area contributed by atoms with Crippen LogP contribution in [0.4, 0.5) is 0 Å². The third-order valence-electron chi connectivity index (χ3n) is 12.0. The fraction of sp³-hybridized carbons (Fsp3) is 0.578. The van der Waals surface area contributed by atoms with Gasteiger partial charge in [-0.05, 0) is 76.6 Å². The van der Waals surface area contributed by atoms with Crippen molar-refractivity contribution in [2.75, 3.05) is 19.6 Å². The first-order chi connectivity index (χ1) is 27.8. The number of nitrogens with one attached hydrogen (secondary N) is 1. The molecular weight excluding hydrogens is 793 g/mol. The number of hydrogen-bond donors (Lipinski definition) is 6. The largest absolute Gasteiger partial charge is 0.460 e. The molecule has 3 aromatic rings. The molecule has 0 bridgehead atoms. The van der Waals surface area contributed by atoms with Crippen molar-refractivity contribution in [1.82, 2.24) is 10.2 Å². The molecular formula is C45H62N2O10S2. The summed E-state index contributed by atoms with van der Waals surface area (Å²) < 4.78 is 11.3. The van der Waals surface area contributed by atoms with Crippen molar-refractivity contribution in [3.05, 3.63) is 59.5 Å². The molecule has 1 saturated heterocycles. The second kappa shape index (κ2) is 20.0. The number of fused-ring (bicyclic) bond motifs is 5. The molecule has 10 atom stereocenters. The molecule has 1 amide bonds. The second-order valence-corrected chi connectivity index (χ2v) is 19.1. The van der Waals surface area contributed by atoms with Crippen LogP contribution in [0, 0.1) is 17.8 Å². The number of benzene rings is 2. The van der Waals surface area contributed by atoms with E-state index >= 15 is 0 Å².